The van der Waals surface area contributed by atoms with Gasteiger partial charge in [-0.3, -0.25) is 4.79 Å². The number of nitrogens with zero attached hydrogens (tertiary/aromatic N) is 1. The van der Waals surface area contributed by atoms with Crippen LogP contribution in [0.25, 0.3) is 0 Å². The van der Waals surface area contributed by atoms with E-state index in [0.717, 1.165) is 18.8 Å². The van der Waals surface area contributed by atoms with Crippen molar-refractivity contribution in [1.82, 2.24) is 10.3 Å². The van der Waals surface area contributed by atoms with E-state index in [1.54, 1.807) is 0 Å². The first-order valence-corrected chi connectivity index (χ1v) is 5.87. The molecule has 19 heavy (non-hydrogen) atoms. The summed E-state index contributed by atoms with van der Waals surface area (Å²) in [6.07, 6.45) is -2.75. The normalized spacial score (nSPS) is 23.4. The zero-order valence-electron chi connectivity index (χ0n) is 10.3. The average molecular weight is 273 g/mol. The van der Waals surface area contributed by atoms with Crippen molar-refractivity contribution >= 4 is 11.6 Å². The van der Waals surface area contributed by atoms with Gasteiger partial charge in [-0.1, -0.05) is 0 Å². The highest BCUT2D eigenvalue weighted by Crippen LogP contribution is 2.29. The molecule has 0 bridgehead atoms. The van der Waals surface area contributed by atoms with Gasteiger partial charge in [0, 0.05) is 6.54 Å². The summed E-state index contributed by atoms with van der Waals surface area (Å²) in [6, 6.07) is 2.06. The molecular formula is C12H14F3N3O. The third kappa shape index (κ3) is 3.04. The fourth-order valence-corrected chi connectivity index (χ4v) is 1.93. The number of nitrogens with one attached hydrogen (secondary N) is 2. The Morgan fingerprint density at radius 3 is 2.68 bits per heavy atom. The summed E-state index contributed by atoms with van der Waals surface area (Å²) in [6.45, 7) is 3.14. The molecule has 2 heterocycles. The number of anilines is 1. The minimum absolute atomic E-state index is 0.209. The maximum Gasteiger partial charge on any atom is 0.433 e. The molecule has 1 unspecified atom stereocenters. The molecule has 0 saturated carbocycles. The van der Waals surface area contributed by atoms with Crippen LogP contribution in [0.1, 0.15) is 19.0 Å². The van der Waals surface area contributed by atoms with E-state index < -0.39 is 17.3 Å². The standard InChI is InChI=1S/C12H14F3N3O/c1-11(4-5-16-7-11)10(19)18-8-2-3-9(17-6-8)12(13,14)15/h2-3,6,16H,4-5,7H2,1H3,(H,18,19). The Morgan fingerprint density at radius 2 is 2.21 bits per heavy atom. The van der Waals surface area contributed by atoms with Crippen LogP contribution >= 0.6 is 0 Å². The van der Waals surface area contributed by atoms with Crippen molar-refractivity contribution in [3.05, 3.63) is 24.0 Å². The molecule has 1 fully saturated rings. The van der Waals surface area contributed by atoms with Crippen LogP contribution in [0.3, 0.4) is 0 Å². The van der Waals surface area contributed by atoms with Gasteiger partial charge in [0.25, 0.3) is 0 Å². The average Bonchev–Trinajstić information content (AvgIpc) is 2.77. The van der Waals surface area contributed by atoms with Gasteiger partial charge in [-0.2, -0.15) is 13.2 Å². The molecule has 0 radical (unpaired) electrons. The fraction of sp³-hybridized carbons (Fsp3) is 0.500. The molecule has 1 atom stereocenters. The molecule has 2 N–H and O–H groups in total. The summed E-state index contributed by atoms with van der Waals surface area (Å²) < 4.78 is 37.0. The summed E-state index contributed by atoms with van der Waals surface area (Å²) in [5.41, 5.74) is -1.23. The number of amides is 1. The lowest BCUT2D eigenvalue weighted by molar-refractivity contribution is -0.141. The van der Waals surface area contributed by atoms with Gasteiger partial charge >= 0.3 is 6.18 Å². The second-order valence-corrected chi connectivity index (χ2v) is 4.87. The van der Waals surface area contributed by atoms with Crippen molar-refractivity contribution in [3.63, 3.8) is 0 Å². The topological polar surface area (TPSA) is 54.0 Å². The minimum Gasteiger partial charge on any atom is -0.324 e. The number of carbonyl (C=O) groups is 1. The van der Waals surface area contributed by atoms with Crippen LogP contribution in [0.5, 0.6) is 0 Å². The van der Waals surface area contributed by atoms with Gasteiger partial charge in [-0.25, -0.2) is 4.98 Å². The van der Waals surface area contributed by atoms with Crippen LogP contribution in [-0.4, -0.2) is 24.0 Å². The maximum absolute atomic E-state index is 12.3. The number of pyridine rings is 1. The van der Waals surface area contributed by atoms with Crippen molar-refractivity contribution in [2.75, 3.05) is 18.4 Å². The van der Waals surface area contributed by atoms with Gasteiger partial charge in [-0.15, -0.1) is 0 Å². The number of carbonyl (C=O) groups excluding carboxylic acids is 1. The van der Waals surface area contributed by atoms with E-state index in [1.807, 2.05) is 6.92 Å². The Labute approximate surface area is 108 Å². The second-order valence-electron chi connectivity index (χ2n) is 4.87. The number of alkyl halides is 3. The first kappa shape index (κ1) is 13.8. The van der Waals surface area contributed by atoms with Gasteiger partial charge in [0.05, 0.1) is 17.3 Å². The molecule has 0 aliphatic carbocycles. The smallest absolute Gasteiger partial charge is 0.324 e. The minimum atomic E-state index is -4.47. The molecule has 1 aromatic heterocycles. The highest BCUT2D eigenvalue weighted by molar-refractivity contribution is 5.95. The van der Waals surface area contributed by atoms with E-state index in [2.05, 4.69) is 15.6 Å². The van der Waals surface area contributed by atoms with Crippen molar-refractivity contribution in [2.45, 2.75) is 19.5 Å². The first-order valence-electron chi connectivity index (χ1n) is 5.87. The van der Waals surface area contributed by atoms with Gasteiger partial charge < -0.3 is 10.6 Å². The lowest BCUT2D eigenvalue weighted by Crippen LogP contribution is -2.35. The van der Waals surface area contributed by atoms with Crippen LogP contribution in [0.4, 0.5) is 18.9 Å². The lowest BCUT2D eigenvalue weighted by Gasteiger charge is -2.21. The summed E-state index contributed by atoms with van der Waals surface area (Å²) >= 11 is 0. The van der Waals surface area contributed by atoms with E-state index in [1.165, 1.54) is 6.07 Å². The Balaban J connectivity index is 2.06. The third-order valence-electron chi connectivity index (χ3n) is 3.23. The maximum atomic E-state index is 12.3. The summed E-state index contributed by atoms with van der Waals surface area (Å²) in [4.78, 5) is 15.3. The number of halogens is 3. The van der Waals surface area contributed by atoms with E-state index >= 15 is 0 Å². The van der Waals surface area contributed by atoms with Gasteiger partial charge in [-0.05, 0) is 32.0 Å². The fourth-order valence-electron chi connectivity index (χ4n) is 1.93. The van der Waals surface area contributed by atoms with E-state index in [0.29, 0.717) is 13.0 Å². The largest absolute Gasteiger partial charge is 0.433 e. The molecule has 1 saturated heterocycles. The summed E-state index contributed by atoms with van der Waals surface area (Å²) in [5.74, 6) is -0.209. The molecule has 0 spiro atoms. The zero-order valence-corrected chi connectivity index (χ0v) is 10.3. The molecule has 1 aromatic rings. The molecular weight excluding hydrogens is 259 g/mol. The van der Waals surface area contributed by atoms with E-state index in [9.17, 15) is 18.0 Å². The Morgan fingerprint density at radius 1 is 1.47 bits per heavy atom. The van der Waals surface area contributed by atoms with Crippen LogP contribution in [-0.2, 0) is 11.0 Å². The number of hydrogen-bond donors (Lipinski definition) is 2. The van der Waals surface area contributed by atoms with Gasteiger partial charge in [0.2, 0.25) is 5.91 Å². The highest BCUT2D eigenvalue weighted by Gasteiger charge is 2.36. The molecule has 4 nitrogen and oxygen atoms in total. The Kier molecular flexibility index (Phi) is 3.49. The van der Waals surface area contributed by atoms with Crippen molar-refractivity contribution in [3.8, 4) is 0 Å². The lowest BCUT2D eigenvalue weighted by atomic mass is 9.89. The van der Waals surface area contributed by atoms with Crippen LogP contribution in [0.15, 0.2) is 18.3 Å². The third-order valence-corrected chi connectivity index (χ3v) is 3.23. The predicted molar refractivity (Wildman–Crippen MR) is 63.5 cm³/mol. The predicted octanol–water partition coefficient (Wildman–Crippen LogP) is 2.04. The summed E-state index contributed by atoms with van der Waals surface area (Å²) in [5, 5.41) is 5.68. The first-order chi connectivity index (χ1) is 8.81. The SMILES string of the molecule is CC1(C(=O)Nc2ccc(C(F)(F)F)nc2)CCNC1. The molecule has 7 heteroatoms. The molecule has 0 aromatic carbocycles. The van der Waals surface area contributed by atoms with E-state index in [4.69, 9.17) is 0 Å². The molecule has 1 amide bonds. The van der Waals surface area contributed by atoms with Crippen molar-refractivity contribution < 1.29 is 18.0 Å². The number of aromatic nitrogens is 1. The van der Waals surface area contributed by atoms with Crippen LogP contribution in [0, 0.1) is 5.41 Å². The van der Waals surface area contributed by atoms with Gasteiger partial charge in [0.1, 0.15) is 5.69 Å². The van der Waals surface area contributed by atoms with Crippen LogP contribution < -0.4 is 10.6 Å². The number of hydrogen-bond acceptors (Lipinski definition) is 3. The summed E-state index contributed by atoms with van der Waals surface area (Å²) in [7, 11) is 0. The number of rotatable bonds is 2. The van der Waals surface area contributed by atoms with Crippen molar-refractivity contribution in [1.29, 1.82) is 0 Å². The van der Waals surface area contributed by atoms with Crippen molar-refractivity contribution in [2.24, 2.45) is 5.41 Å². The highest BCUT2D eigenvalue weighted by atomic mass is 19.4. The molecule has 104 valence electrons. The van der Waals surface area contributed by atoms with E-state index in [-0.39, 0.29) is 11.6 Å². The zero-order chi connectivity index (χ0) is 14.1. The second kappa shape index (κ2) is 4.80. The van der Waals surface area contributed by atoms with Gasteiger partial charge in [0.15, 0.2) is 0 Å². The van der Waals surface area contributed by atoms with Crippen LogP contribution in [0.2, 0.25) is 0 Å². The quantitative estimate of drug-likeness (QED) is 0.867. The molecule has 2 rings (SSSR count). The monoisotopic (exact) mass is 273 g/mol. The Hall–Kier alpha value is -1.63. The molecule has 1 aliphatic rings. The molecule has 1 aliphatic heterocycles. The Bertz CT molecular complexity index is 464.